The Bertz CT molecular complexity index is 643. The monoisotopic (exact) mass is 400 g/mol. The number of ether oxygens (including phenoxy) is 1. The molecule has 9 nitrogen and oxygen atoms in total. The molecule has 146 valence electrons. The molecule has 3 aliphatic rings. The molecule has 1 N–H and O–H groups in total. The van der Waals surface area contributed by atoms with Crippen LogP contribution in [0.1, 0.15) is 6.42 Å². The van der Waals surface area contributed by atoms with Gasteiger partial charge in [-0.25, -0.2) is 9.69 Å². The molecule has 26 heavy (non-hydrogen) atoms. The zero-order valence-corrected chi connectivity index (χ0v) is 18.2. The fraction of sp³-hybridized carbons (Fsp3) is 0.800. The lowest BCUT2D eigenvalue weighted by Crippen LogP contribution is -2.58. The van der Waals surface area contributed by atoms with Crippen molar-refractivity contribution in [2.24, 2.45) is 9.98 Å². The SMILES string of the molecule is C[Si](C)(C)OCC1OC(N2CN3C(O)=NC3=NC2=O)CC1O[Si](C)(C)C. The number of aliphatic hydroxyl groups is 1. The number of nitrogens with zero attached hydrogens (tertiary/aromatic N) is 4. The van der Waals surface area contributed by atoms with E-state index in [4.69, 9.17) is 13.6 Å². The van der Waals surface area contributed by atoms with Crippen molar-refractivity contribution in [3.8, 4) is 0 Å². The maximum Gasteiger partial charge on any atom is 0.350 e. The standard InChI is InChI=1S/C15H28N4O5Si2/c1-25(2,3)22-8-11-10(24-26(4,5)6)7-12(23-11)18-9-19-13(16-14(18)20)17-15(19)21/h10-12H,7-9H2,1-6H3,(H,16,17,20,21). The van der Waals surface area contributed by atoms with E-state index in [1.807, 2.05) is 0 Å². The molecule has 0 aromatic rings. The van der Waals surface area contributed by atoms with Gasteiger partial charge in [0.15, 0.2) is 16.6 Å². The van der Waals surface area contributed by atoms with E-state index < -0.39 is 28.9 Å². The minimum absolute atomic E-state index is 0.125. The number of carbonyl (C=O) groups excluding carboxylic acids is 1. The van der Waals surface area contributed by atoms with E-state index in [2.05, 4.69) is 49.3 Å². The molecule has 3 unspecified atom stereocenters. The number of hydrogen-bond acceptors (Lipinski definition) is 6. The molecule has 3 aliphatic heterocycles. The molecule has 2 amide bonds. The van der Waals surface area contributed by atoms with Crippen molar-refractivity contribution >= 4 is 34.6 Å². The summed E-state index contributed by atoms with van der Waals surface area (Å²) in [4.78, 5) is 22.9. The predicted molar refractivity (Wildman–Crippen MR) is 102 cm³/mol. The van der Waals surface area contributed by atoms with Gasteiger partial charge in [-0.15, -0.1) is 0 Å². The first kappa shape index (κ1) is 19.5. The van der Waals surface area contributed by atoms with Gasteiger partial charge in [-0.3, -0.25) is 4.90 Å². The third kappa shape index (κ3) is 4.34. The van der Waals surface area contributed by atoms with Gasteiger partial charge in [0, 0.05) is 6.42 Å². The summed E-state index contributed by atoms with van der Waals surface area (Å²) in [6.07, 6.45) is -0.250. The number of amides is 2. The molecular weight excluding hydrogens is 372 g/mol. The first-order valence-electron chi connectivity index (χ1n) is 8.85. The first-order chi connectivity index (χ1) is 11.9. The molecule has 3 atom stereocenters. The predicted octanol–water partition coefficient (Wildman–Crippen LogP) is 2.15. The highest BCUT2D eigenvalue weighted by Gasteiger charge is 2.46. The van der Waals surface area contributed by atoms with Crippen molar-refractivity contribution in [1.82, 2.24) is 9.80 Å². The van der Waals surface area contributed by atoms with Gasteiger partial charge >= 0.3 is 12.1 Å². The summed E-state index contributed by atoms with van der Waals surface area (Å²) in [5.41, 5.74) is 0. The normalized spacial score (nSPS) is 29.3. The van der Waals surface area contributed by atoms with Crippen LogP contribution in [-0.4, -0.2) is 81.3 Å². The summed E-state index contributed by atoms with van der Waals surface area (Å²) in [6.45, 7) is 13.4. The third-order valence-corrected chi connectivity index (χ3v) is 6.17. The average molecular weight is 401 g/mol. The average Bonchev–Trinajstić information content (AvgIpc) is 2.84. The smallest absolute Gasteiger partial charge is 0.350 e. The Labute approximate surface area is 155 Å². The molecule has 0 aromatic carbocycles. The number of carbonyl (C=O) groups is 1. The lowest BCUT2D eigenvalue weighted by Gasteiger charge is -2.38. The highest BCUT2D eigenvalue weighted by Crippen LogP contribution is 2.31. The number of aliphatic hydroxyl groups excluding tert-OH is 1. The van der Waals surface area contributed by atoms with Gasteiger partial charge in [-0.05, 0) is 39.3 Å². The van der Waals surface area contributed by atoms with Gasteiger partial charge in [0.1, 0.15) is 19.0 Å². The number of hydrogen-bond donors (Lipinski definition) is 1. The van der Waals surface area contributed by atoms with Crippen molar-refractivity contribution < 1.29 is 23.5 Å². The zero-order valence-electron chi connectivity index (χ0n) is 16.2. The number of fused-ring (bicyclic) bond motifs is 1. The number of urea groups is 1. The van der Waals surface area contributed by atoms with Crippen LogP contribution in [0.15, 0.2) is 9.98 Å². The van der Waals surface area contributed by atoms with Crippen molar-refractivity contribution in [2.75, 3.05) is 13.3 Å². The molecule has 1 saturated heterocycles. The van der Waals surface area contributed by atoms with E-state index in [1.54, 1.807) is 0 Å². The van der Waals surface area contributed by atoms with E-state index in [-0.39, 0.29) is 30.9 Å². The number of aliphatic imine (C=N–C) groups is 2. The highest BCUT2D eigenvalue weighted by molar-refractivity contribution is 6.70. The van der Waals surface area contributed by atoms with Crippen LogP contribution in [-0.2, 0) is 13.6 Å². The fourth-order valence-corrected chi connectivity index (χ4v) is 4.82. The summed E-state index contributed by atoms with van der Waals surface area (Å²) in [7, 11) is -3.48. The second kappa shape index (κ2) is 6.71. The van der Waals surface area contributed by atoms with Gasteiger partial charge in [-0.2, -0.15) is 9.98 Å². The Hall–Kier alpha value is -1.28. The third-order valence-electron chi connectivity index (χ3n) is 4.13. The van der Waals surface area contributed by atoms with E-state index in [9.17, 15) is 9.90 Å². The molecule has 0 aliphatic carbocycles. The van der Waals surface area contributed by atoms with E-state index in [0.29, 0.717) is 13.0 Å². The fourth-order valence-electron chi connectivity index (χ4n) is 3.00. The topological polar surface area (TPSA) is 96.2 Å². The number of amidine groups is 1. The molecule has 1 fully saturated rings. The van der Waals surface area contributed by atoms with Crippen LogP contribution in [0, 0.1) is 0 Å². The first-order valence-corrected chi connectivity index (χ1v) is 15.7. The van der Waals surface area contributed by atoms with Crippen molar-refractivity contribution in [3.05, 3.63) is 0 Å². The van der Waals surface area contributed by atoms with Crippen LogP contribution >= 0.6 is 0 Å². The summed E-state index contributed by atoms with van der Waals surface area (Å²) >= 11 is 0. The Kier molecular flexibility index (Phi) is 5.03. The maximum atomic E-state index is 12.3. The van der Waals surface area contributed by atoms with Gasteiger partial charge in [0.2, 0.25) is 5.96 Å². The lowest BCUT2D eigenvalue weighted by atomic mass is 10.2. The molecular formula is C15H28N4O5Si2. The minimum Gasteiger partial charge on any atom is -0.480 e. The maximum absolute atomic E-state index is 12.3. The van der Waals surface area contributed by atoms with Gasteiger partial charge in [0.05, 0.1) is 12.7 Å². The number of guanidine groups is 1. The lowest BCUT2D eigenvalue weighted by molar-refractivity contribution is -0.0654. The Morgan fingerprint density at radius 3 is 2.46 bits per heavy atom. The minimum atomic E-state index is -1.78. The highest BCUT2D eigenvalue weighted by atomic mass is 28.4. The van der Waals surface area contributed by atoms with Crippen LogP contribution in [0.3, 0.4) is 0 Å². The molecule has 0 radical (unpaired) electrons. The Morgan fingerprint density at radius 2 is 1.88 bits per heavy atom. The van der Waals surface area contributed by atoms with Crippen LogP contribution in [0.2, 0.25) is 39.3 Å². The van der Waals surface area contributed by atoms with Crippen LogP contribution in [0.4, 0.5) is 4.79 Å². The van der Waals surface area contributed by atoms with E-state index in [0.717, 1.165) is 0 Å². The quantitative estimate of drug-likeness (QED) is 0.686. The number of rotatable bonds is 6. The van der Waals surface area contributed by atoms with Crippen molar-refractivity contribution in [3.63, 3.8) is 0 Å². The molecule has 0 aromatic heterocycles. The molecule has 0 saturated carbocycles. The van der Waals surface area contributed by atoms with E-state index in [1.165, 1.54) is 9.80 Å². The zero-order chi connectivity index (χ0) is 19.3. The van der Waals surface area contributed by atoms with Crippen LogP contribution in [0.5, 0.6) is 0 Å². The summed E-state index contributed by atoms with van der Waals surface area (Å²) in [5, 5.41) is 9.60. The Balaban J connectivity index is 1.70. The largest absolute Gasteiger partial charge is 0.480 e. The van der Waals surface area contributed by atoms with Crippen LogP contribution in [0.25, 0.3) is 0 Å². The molecule has 0 bridgehead atoms. The molecule has 11 heteroatoms. The summed E-state index contributed by atoms with van der Waals surface area (Å²) < 4.78 is 18.5. The van der Waals surface area contributed by atoms with Gasteiger partial charge in [0.25, 0.3) is 0 Å². The van der Waals surface area contributed by atoms with Gasteiger partial charge < -0.3 is 18.7 Å². The molecule has 0 spiro atoms. The second-order valence-electron chi connectivity index (χ2n) is 8.70. The van der Waals surface area contributed by atoms with Gasteiger partial charge in [-0.1, -0.05) is 0 Å². The van der Waals surface area contributed by atoms with E-state index >= 15 is 0 Å². The van der Waals surface area contributed by atoms with Crippen LogP contribution < -0.4 is 0 Å². The summed E-state index contributed by atoms with van der Waals surface area (Å²) in [6, 6.07) is -0.538. The van der Waals surface area contributed by atoms with Crippen molar-refractivity contribution in [1.29, 1.82) is 0 Å². The second-order valence-corrected chi connectivity index (χ2v) is 17.7. The summed E-state index contributed by atoms with van der Waals surface area (Å²) in [5.74, 6) is 0.246. The molecule has 3 heterocycles. The Morgan fingerprint density at radius 1 is 1.19 bits per heavy atom. The molecule has 3 rings (SSSR count). The van der Waals surface area contributed by atoms with Crippen molar-refractivity contribution in [2.45, 2.75) is 64.1 Å².